The van der Waals surface area contributed by atoms with Gasteiger partial charge in [0.1, 0.15) is 17.5 Å². The first kappa shape index (κ1) is 86.0. The number of fused-ring (bicyclic) bond motifs is 3. The quantitative estimate of drug-likeness (QED) is 0.0422. The zero-order chi connectivity index (χ0) is 80.8. The molecule has 0 aliphatic carbocycles. The Labute approximate surface area is 677 Å². The van der Waals surface area contributed by atoms with Crippen molar-refractivity contribution in [2.24, 2.45) is 0 Å². The summed E-state index contributed by atoms with van der Waals surface area (Å²) in [4.78, 5) is 61.9. The molecule has 0 atom stereocenters. The average molecular weight is 1560 g/mol. The summed E-state index contributed by atoms with van der Waals surface area (Å²) in [6, 6.07) is 40.1. The Morgan fingerprint density at radius 2 is 0.649 bits per heavy atom. The fourth-order valence-corrected chi connectivity index (χ4v) is 16.6. The van der Waals surface area contributed by atoms with E-state index in [4.69, 9.17) is 0 Å². The molecule has 4 fully saturated rings. The molecule has 3 aromatic heterocycles. The number of carbonyl (C=O) groups is 3. The molecule has 9 aromatic rings. The van der Waals surface area contributed by atoms with E-state index in [1.807, 2.05) is 69.3 Å². The van der Waals surface area contributed by atoms with Gasteiger partial charge in [-0.1, -0.05) is 85.1 Å². The molecule has 3 amide bonds. The average Bonchev–Trinajstić information content (AvgIpc) is 1.64. The molecule has 6 aromatic carbocycles. The maximum absolute atomic E-state index is 13.2. The number of hydrogen-bond donors (Lipinski definition) is 0. The predicted molar refractivity (Wildman–Crippen MR) is 465 cm³/mol. The van der Waals surface area contributed by atoms with Crippen molar-refractivity contribution in [1.29, 1.82) is 0 Å². The van der Waals surface area contributed by atoms with E-state index in [9.17, 15) is 27.6 Å². The van der Waals surface area contributed by atoms with E-state index in [1.165, 1.54) is 103 Å². The normalized spacial score (nSPS) is 15.9. The Balaban J connectivity index is 0.000000169. The summed E-state index contributed by atoms with van der Waals surface area (Å²) in [5.74, 6) is -0.343. The third-order valence-corrected chi connectivity index (χ3v) is 23.9. The second-order valence-corrected chi connectivity index (χ2v) is 32.2. The van der Waals surface area contributed by atoms with Gasteiger partial charge in [-0.15, -0.1) is 0 Å². The zero-order valence-corrected chi connectivity index (χ0v) is 70.1. The molecule has 0 spiro atoms. The van der Waals surface area contributed by atoms with E-state index in [0.717, 1.165) is 249 Å². The fourth-order valence-electron chi connectivity index (χ4n) is 16.6. The Bertz CT molecular complexity index is 4690. The molecule has 4 aliphatic heterocycles. The molecular formula is C95H126F3N13O3. The zero-order valence-electron chi connectivity index (χ0n) is 70.1. The highest BCUT2D eigenvalue weighted by Crippen LogP contribution is 2.32. The first-order chi connectivity index (χ1) is 55.1. The number of nitrogens with zero attached hydrogens (tertiary/aromatic N) is 13. The van der Waals surface area contributed by atoms with Crippen LogP contribution in [0.25, 0.3) is 50.9 Å². The topological polar surface area (TPSA) is 98.4 Å². The van der Waals surface area contributed by atoms with Crippen molar-refractivity contribution in [2.75, 3.05) is 178 Å². The summed E-state index contributed by atoms with van der Waals surface area (Å²) in [7, 11) is 6.41. The van der Waals surface area contributed by atoms with Crippen molar-refractivity contribution >= 4 is 68.7 Å². The van der Waals surface area contributed by atoms with Crippen LogP contribution in [0.1, 0.15) is 100 Å². The molecule has 0 saturated carbocycles. The first-order valence-corrected chi connectivity index (χ1v) is 42.0. The molecule has 0 radical (unpaired) electrons. The van der Waals surface area contributed by atoms with Crippen LogP contribution < -0.4 is 0 Å². The highest BCUT2D eigenvalue weighted by molar-refractivity contribution is 6.00. The molecule has 610 valence electrons. The Morgan fingerprint density at radius 3 is 0.956 bits per heavy atom. The maximum Gasteiger partial charge on any atom is 0.246 e. The second kappa shape index (κ2) is 42.1. The lowest BCUT2D eigenvalue weighted by Gasteiger charge is -2.34. The van der Waals surface area contributed by atoms with Gasteiger partial charge in [-0.3, -0.25) is 29.1 Å². The van der Waals surface area contributed by atoms with Crippen LogP contribution in [0.3, 0.4) is 0 Å². The van der Waals surface area contributed by atoms with Crippen molar-refractivity contribution in [2.45, 2.75) is 114 Å². The number of hydrogen-bond acceptors (Lipinski definition) is 10. The Hall–Kier alpha value is -8.92. The van der Waals surface area contributed by atoms with Crippen LogP contribution in [0.4, 0.5) is 13.2 Å². The number of aromatic nitrogens is 3. The molecule has 16 nitrogen and oxygen atoms in total. The van der Waals surface area contributed by atoms with Crippen LogP contribution in [0.5, 0.6) is 0 Å². The van der Waals surface area contributed by atoms with Gasteiger partial charge in [-0.05, 0) is 242 Å². The monoisotopic (exact) mass is 1550 g/mol. The van der Waals surface area contributed by atoms with Crippen molar-refractivity contribution in [3.63, 3.8) is 0 Å². The predicted octanol–water partition coefficient (Wildman–Crippen LogP) is 14.7. The Morgan fingerprint density at radius 1 is 0.360 bits per heavy atom. The number of carbonyl (C=O) groups excluding carboxylic acids is 3. The van der Waals surface area contributed by atoms with E-state index in [1.54, 1.807) is 18.2 Å². The van der Waals surface area contributed by atoms with Gasteiger partial charge in [0.2, 0.25) is 17.7 Å². The number of piperazine rings is 4. The van der Waals surface area contributed by atoms with Gasteiger partial charge in [0.05, 0.1) is 0 Å². The van der Waals surface area contributed by atoms with E-state index < -0.39 is 0 Å². The largest absolute Gasteiger partial charge is 0.344 e. The molecule has 4 aliphatic rings. The lowest BCUT2D eigenvalue weighted by molar-refractivity contribution is -0.128. The van der Waals surface area contributed by atoms with Crippen molar-refractivity contribution in [3.8, 4) is 0 Å². The molecule has 13 rings (SSSR count). The summed E-state index contributed by atoms with van der Waals surface area (Å²) < 4.78 is 46.6. The summed E-state index contributed by atoms with van der Waals surface area (Å²) in [6.07, 6.45) is 17.4. The van der Waals surface area contributed by atoms with E-state index >= 15 is 0 Å². The molecule has 7 heterocycles. The number of amides is 3. The highest BCUT2D eigenvalue weighted by atomic mass is 19.1. The van der Waals surface area contributed by atoms with Crippen LogP contribution >= 0.6 is 0 Å². The standard InChI is InChI=1S/C33H44FN5O.C32H43FN4O.C30H39FN4O/c1-26-5-11-32-31(25-26)30(27(2)39(32)15-4-14-36-19-17-35(3)18-20-36)10-12-33(40)38-23-21-37(22-24-38)16-13-28-6-8-29(34)9-7-28;1-5-34(6-2)17-7-18-37-26(4)29(30-24-25(3)8-14-31(30)37)13-15-32(38)36-22-20-35(21-23-36)19-16-27-9-11-28(33)12-10-27;1-23-6-12-29-28(22-23)27(24(2)35(29)16-5-15-32(3)4)11-13-30(36)34-20-18-33(19-21-34)17-14-25-7-9-26(31)10-8-25/h5-12,25H,4,13-24H2,1-3H3;8-15,24H,5-7,16-23H2,1-4H3;6-13,22H,5,14-21H2,1-4H3/b12-10+;15-13+;13-11+. The molecule has 19 heteroatoms. The lowest BCUT2D eigenvalue weighted by atomic mass is 10.1. The maximum atomic E-state index is 13.2. The summed E-state index contributed by atoms with van der Waals surface area (Å²) in [5, 5.41) is 3.67. The second-order valence-electron chi connectivity index (χ2n) is 32.2. The molecule has 0 N–H and O–H groups in total. The fraction of sp³-hybridized carbons (Fsp3) is 0.463. The SMILES string of the molecule is CCN(CC)CCCn1c(C)c(/C=C/C(=O)N2CCN(CCc3ccc(F)cc3)CC2)c2cc(C)ccc21.Cc1ccc2c(c1)c(/C=C/C(=O)N1CCN(CCc3ccc(F)cc3)CC1)c(C)n2CCCN(C)C.Cc1ccc2c(c1)c(/C=C/C(=O)N1CCN(CCc3ccc(F)cc3)CC1)c(C)n2CCCN1CCN(C)CC1. The molecule has 4 saturated heterocycles. The van der Waals surface area contributed by atoms with Crippen LogP contribution in [0.2, 0.25) is 0 Å². The lowest BCUT2D eigenvalue weighted by Crippen LogP contribution is -2.48. The summed E-state index contributed by atoms with van der Waals surface area (Å²) in [6.45, 7) is 42.7. The summed E-state index contributed by atoms with van der Waals surface area (Å²) in [5.41, 5.74) is 18.0. The van der Waals surface area contributed by atoms with Gasteiger partial charge in [0.15, 0.2) is 0 Å². The van der Waals surface area contributed by atoms with Crippen LogP contribution in [-0.4, -0.2) is 259 Å². The molecule has 0 unspecified atom stereocenters. The number of rotatable bonds is 29. The number of likely N-dealkylation sites (N-methyl/N-ethyl adjacent to an activating group) is 1. The van der Waals surface area contributed by atoms with Gasteiger partial charge in [-0.25, -0.2) is 13.2 Å². The van der Waals surface area contributed by atoms with Crippen molar-refractivity contribution in [3.05, 3.63) is 230 Å². The minimum atomic E-state index is -0.196. The molecule has 114 heavy (non-hydrogen) atoms. The minimum Gasteiger partial charge on any atom is -0.344 e. The number of benzene rings is 6. The Kier molecular flexibility index (Phi) is 31.7. The van der Waals surface area contributed by atoms with E-state index in [0.29, 0.717) is 0 Å². The number of aryl methyl sites for hydroxylation is 6. The van der Waals surface area contributed by atoms with E-state index in [2.05, 4.69) is 179 Å². The highest BCUT2D eigenvalue weighted by Gasteiger charge is 2.25. The van der Waals surface area contributed by atoms with Crippen LogP contribution in [0, 0.1) is 59.0 Å². The van der Waals surface area contributed by atoms with Gasteiger partial charge in [0.25, 0.3) is 0 Å². The third kappa shape index (κ3) is 23.9. The molecule has 0 bridgehead atoms. The third-order valence-electron chi connectivity index (χ3n) is 23.9. The first-order valence-electron chi connectivity index (χ1n) is 42.0. The minimum absolute atomic E-state index is 0.0775. The van der Waals surface area contributed by atoms with E-state index in [-0.39, 0.29) is 35.2 Å². The summed E-state index contributed by atoms with van der Waals surface area (Å²) >= 11 is 0. The molecular weight excluding hydrogens is 1430 g/mol. The van der Waals surface area contributed by atoms with Crippen molar-refractivity contribution < 1.29 is 27.6 Å². The van der Waals surface area contributed by atoms with Crippen LogP contribution in [-0.2, 0) is 53.3 Å². The van der Waals surface area contributed by atoms with Gasteiger partial charge in [0, 0.05) is 229 Å². The number of halogens is 3. The van der Waals surface area contributed by atoms with Gasteiger partial charge >= 0.3 is 0 Å². The van der Waals surface area contributed by atoms with Crippen molar-refractivity contribution in [1.82, 2.24) is 62.7 Å². The van der Waals surface area contributed by atoms with Crippen LogP contribution in [0.15, 0.2) is 146 Å². The van der Waals surface area contributed by atoms with Gasteiger partial charge < -0.3 is 48.0 Å². The van der Waals surface area contributed by atoms with Gasteiger partial charge in [-0.2, -0.15) is 0 Å². The smallest absolute Gasteiger partial charge is 0.246 e.